The van der Waals surface area contributed by atoms with Gasteiger partial charge in [-0.15, -0.1) is 0 Å². The largest absolute Gasteiger partial charge is 0.395 e. The molecule has 5 heteroatoms. The average molecular weight is 248 g/mol. The number of rotatable bonds is 3. The quantitative estimate of drug-likeness (QED) is 0.809. The van der Waals surface area contributed by atoms with Gasteiger partial charge in [-0.2, -0.15) is 0 Å². The molecule has 1 aromatic carbocycles. The predicted molar refractivity (Wildman–Crippen MR) is 67.6 cm³/mol. The fourth-order valence-corrected chi connectivity index (χ4v) is 2.07. The van der Waals surface area contributed by atoms with E-state index in [1.165, 1.54) is 0 Å². The van der Waals surface area contributed by atoms with E-state index in [4.69, 9.17) is 5.11 Å². The van der Waals surface area contributed by atoms with Crippen LogP contribution in [0.2, 0.25) is 0 Å². The van der Waals surface area contributed by atoms with Crippen LogP contribution in [-0.4, -0.2) is 37.1 Å². The smallest absolute Gasteiger partial charge is 0.251 e. The lowest BCUT2D eigenvalue weighted by Crippen LogP contribution is -2.31. The van der Waals surface area contributed by atoms with Crippen LogP contribution in [0.4, 0.5) is 5.69 Å². The van der Waals surface area contributed by atoms with Crippen molar-refractivity contribution in [1.29, 1.82) is 0 Å². The second-order valence-electron chi connectivity index (χ2n) is 4.28. The van der Waals surface area contributed by atoms with Crippen molar-refractivity contribution in [2.45, 2.75) is 12.8 Å². The standard InChI is InChI=1S/C13H16N2O3/c1-15-11-4-2-10(13(18)14-6-7-16)8-9(11)3-5-12(15)17/h2,4,8,16H,3,5-7H2,1H3,(H,14,18). The number of hydrogen-bond acceptors (Lipinski definition) is 3. The number of hydrogen-bond donors (Lipinski definition) is 2. The van der Waals surface area contributed by atoms with Crippen LogP contribution in [-0.2, 0) is 11.2 Å². The number of carbonyl (C=O) groups excluding carboxylic acids is 2. The Morgan fingerprint density at radius 2 is 2.22 bits per heavy atom. The maximum absolute atomic E-state index is 11.7. The third kappa shape index (κ3) is 2.36. The molecule has 0 radical (unpaired) electrons. The second kappa shape index (κ2) is 5.18. The fourth-order valence-electron chi connectivity index (χ4n) is 2.07. The molecule has 0 fully saturated rings. The van der Waals surface area contributed by atoms with Gasteiger partial charge in [0.15, 0.2) is 0 Å². The minimum Gasteiger partial charge on any atom is -0.395 e. The van der Waals surface area contributed by atoms with Crippen molar-refractivity contribution in [3.05, 3.63) is 29.3 Å². The maximum Gasteiger partial charge on any atom is 0.251 e. The summed E-state index contributed by atoms with van der Waals surface area (Å²) < 4.78 is 0. The molecule has 96 valence electrons. The molecule has 0 atom stereocenters. The van der Waals surface area contributed by atoms with Gasteiger partial charge in [-0.1, -0.05) is 0 Å². The van der Waals surface area contributed by atoms with Crippen LogP contribution in [0.5, 0.6) is 0 Å². The Morgan fingerprint density at radius 1 is 1.44 bits per heavy atom. The number of carbonyl (C=O) groups is 2. The highest BCUT2D eigenvalue weighted by atomic mass is 16.3. The van der Waals surface area contributed by atoms with Gasteiger partial charge in [0.25, 0.3) is 5.91 Å². The number of anilines is 1. The third-order valence-electron chi connectivity index (χ3n) is 3.08. The Kier molecular flexibility index (Phi) is 3.62. The number of benzene rings is 1. The molecular weight excluding hydrogens is 232 g/mol. The number of aliphatic hydroxyl groups excluding tert-OH is 1. The lowest BCUT2D eigenvalue weighted by atomic mass is 9.99. The van der Waals surface area contributed by atoms with Crippen LogP contribution >= 0.6 is 0 Å². The van der Waals surface area contributed by atoms with Crippen LogP contribution in [0.3, 0.4) is 0 Å². The van der Waals surface area contributed by atoms with E-state index in [0.717, 1.165) is 11.3 Å². The van der Waals surface area contributed by atoms with E-state index in [0.29, 0.717) is 18.4 Å². The molecule has 5 nitrogen and oxygen atoms in total. The molecule has 0 aliphatic carbocycles. The Balaban J connectivity index is 2.22. The first kappa shape index (κ1) is 12.6. The number of nitrogens with zero attached hydrogens (tertiary/aromatic N) is 1. The second-order valence-corrected chi connectivity index (χ2v) is 4.28. The summed E-state index contributed by atoms with van der Waals surface area (Å²) >= 11 is 0. The summed E-state index contributed by atoms with van der Waals surface area (Å²) in [7, 11) is 1.74. The lowest BCUT2D eigenvalue weighted by Gasteiger charge is -2.26. The molecular formula is C13H16N2O3. The first-order valence-corrected chi connectivity index (χ1v) is 5.92. The van der Waals surface area contributed by atoms with Gasteiger partial charge in [0.1, 0.15) is 0 Å². The highest BCUT2D eigenvalue weighted by molar-refractivity contribution is 5.98. The van der Waals surface area contributed by atoms with Crippen molar-refractivity contribution in [3.8, 4) is 0 Å². The van der Waals surface area contributed by atoms with Crippen LogP contribution in [0.1, 0.15) is 22.3 Å². The molecule has 0 saturated carbocycles. The number of nitrogens with one attached hydrogen (secondary N) is 1. The summed E-state index contributed by atoms with van der Waals surface area (Å²) in [4.78, 5) is 24.9. The molecule has 2 N–H and O–H groups in total. The Bertz CT molecular complexity index is 485. The summed E-state index contributed by atoms with van der Waals surface area (Å²) in [5.41, 5.74) is 2.43. The highest BCUT2D eigenvalue weighted by Crippen LogP contribution is 2.27. The monoisotopic (exact) mass is 248 g/mol. The zero-order valence-electron chi connectivity index (χ0n) is 10.3. The molecule has 0 bridgehead atoms. The van der Waals surface area contributed by atoms with Gasteiger partial charge in [0.05, 0.1) is 6.61 Å². The van der Waals surface area contributed by atoms with Gasteiger partial charge in [-0.05, 0) is 30.2 Å². The molecule has 0 saturated heterocycles. The van der Waals surface area contributed by atoms with E-state index in [9.17, 15) is 9.59 Å². The van der Waals surface area contributed by atoms with E-state index in [-0.39, 0.29) is 25.0 Å². The Hall–Kier alpha value is -1.88. The number of aryl methyl sites for hydroxylation is 1. The van der Waals surface area contributed by atoms with Crippen molar-refractivity contribution in [2.24, 2.45) is 0 Å². The summed E-state index contributed by atoms with van der Waals surface area (Å²) in [5.74, 6) is -0.105. The topological polar surface area (TPSA) is 69.6 Å². The SMILES string of the molecule is CN1C(=O)CCc2cc(C(=O)NCCO)ccc21. The molecule has 2 amide bonds. The molecule has 0 aromatic heterocycles. The van der Waals surface area contributed by atoms with Crippen molar-refractivity contribution < 1.29 is 14.7 Å². The van der Waals surface area contributed by atoms with Gasteiger partial charge in [-0.3, -0.25) is 9.59 Å². The van der Waals surface area contributed by atoms with E-state index < -0.39 is 0 Å². The first-order chi connectivity index (χ1) is 8.63. The summed E-state index contributed by atoms with van der Waals surface area (Å²) in [6, 6.07) is 5.30. The molecule has 2 rings (SSSR count). The first-order valence-electron chi connectivity index (χ1n) is 5.92. The van der Waals surface area contributed by atoms with Gasteiger partial charge in [0, 0.05) is 31.3 Å². The third-order valence-corrected chi connectivity index (χ3v) is 3.08. The molecule has 0 spiro atoms. The number of fused-ring (bicyclic) bond motifs is 1. The fraction of sp³-hybridized carbons (Fsp3) is 0.385. The van der Waals surface area contributed by atoms with E-state index in [1.54, 1.807) is 24.1 Å². The molecule has 1 aliphatic heterocycles. The van der Waals surface area contributed by atoms with E-state index in [1.807, 2.05) is 6.07 Å². The molecule has 0 unspecified atom stereocenters. The molecule has 18 heavy (non-hydrogen) atoms. The molecule has 1 aliphatic rings. The Labute approximate surface area is 105 Å². The van der Waals surface area contributed by atoms with E-state index >= 15 is 0 Å². The van der Waals surface area contributed by atoms with Crippen molar-refractivity contribution in [2.75, 3.05) is 25.1 Å². The summed E-state index contributed by atoms with van der Waals surface area (Å²) in [6.45, 7) is 0.169. The number of aliphatic hydroxyl groups is 1. The van der Waals surface area contributed by atoms with Crippen LogP contribution in [0.15, 0.2) is 18.2 Å². The van der Waals surface area contributed by atoms with E-state index in [2.05, 4.69) is 5.32 Å². The van der Waals surface area contributed by atoms with Gasteiger partial charge >= 0.3 is 0 Å². The highest BCUT2D eigenvalue weighted by Gasteiger charge is 2.21. The Morgan fingerprint density at radius 3 is 2.94 bits per heavy atom. The molecule has 1 heterocycles. The lowest BCUT2D eigenvalue weighted by molar-refractivity contribution is -0.118. The zero-order chi connectivity index (χ0) is 13.1. The summed E-state index contributed by atoms with van der Waals surface area (Å²) in [5, 5.41) is 11.3. The minimum atomic E-state index is -0.202. The zero-order valence-corrected chi connectivity index (χ0v) is 10.3. The number of amides is 2. The van der Waals surface area contributed by atoms with Crippen molar-refractivity contribution in [1.82, 2.24) is 5.32 Å². The van der Waals surface area contributed by atoms with Crippen molar-refractivity contribution >= 4 is 17.5 Å². The van der Waals surface area contributed by atoms with Crippen molar-refractivity contribution in [3.63, 3.8) is 0 Å². The van der Waals surface area contributed by atoms with Gasteiger partial charge in [0.2, 0.25) is 5.91 Å². The average Bonchev–Trinajstić information content (AvgIpc) is 2.40. The van der Waals surface area contributed by atoms with Crippen LogP contribution in [0, 0.1) is 0 Å². The van der Waals surface area contributed by atoms with Crippen LogP contribution < -0.4 is 10.2 Å². The van der Waals surface area contributed by atoms with Gasteiger partial charge in [-0.25, -0.2) is 0 Å². The minimum absolute atomic E-state index is 0.0755. The predicted octanol–water partition coefficient (Wildman–Crippen LogP) is 0.318. The summed E-state index contributed by atoms with van der Waals surface area (Å²) in [6.07, 6.45) is 1.14. The normalized spacial score (nSPS) is 14.3. The molecule has 1 aromatic rings. The maximum atomic E-state index is 11.7. The van der Waals surface area contributed by atoms with Crippen LogP contribution in [0.25, 0.3) is 0 Å². The van der Waals surface area contributed by atoms with Gasteiger partial charge < -0.3 is 15.3 Å².